The smallest absolute Gasteiger partial charge is 0.256 e. The maximum absolute atomic E-state index is 13.3. The summed E-state index contributed by atoms with van der Waals surface area (Å²) in [7, 11) is 0. The Hall–Kier alpha value is -2.17. The zero-order chi connectivity index (χ0) is 17.0. The SMILES string of the molecule is Cl.NC1CCC2CN(C(=O)c3cc4ccccc4c4cccnc34)CC12. The summed E-state index contributed by atoms with van der Waals surface area (Å²) in [6.07, 6.45) is 4.01. The van der Waals surface area contributed by atoms with Crippen molar-refractivity contribution in [1.82, 2.24) is 9.88 Å². The van der Waals surface area contributed by atoms with E-state index >= 15 is 0 Å². The molecule has 4 nitrogen and oxygen atoms in total. The van der Waals surface area contributed by atoms with Crippen molar-refractivity contribution in [2.75, 3.05) is 13.1 Å². The zero-order valence-electron chi connectivity index (χ0n) is 14.5. The van der Waals surface area contributed by atoms with Gasteiger partial charge in [0, 0.05) is 30.7 Å². The molecule has 3 unspecified atom stereocenters. The van der Waals surface area contributed by atoms with Crippen molar-refractivity contribution < 1.29 is 4.79 Å². The minimum atomic E-state index is 0. The molecule has 2 aromatic carbocycles. The van der Waals surface area contributed by atoms with E-state index in [0.29, 0.717) is 17.4 Å². The molecule has 3 atom stereocenters. The molecule has 1 aromatic heterocycles. The first-order valence-electron chi connectivity index (χ1n) is 9.04. The fourth-order valence-corrected chi connectivity index (χ4v) is 4.74. The first-order chi connectivity index (χ1) is 12.2. The van der Waals surface area contributed by atoms with E-state index in [0.717, 1.165) is 47.6 Å². The first-order valence-corrected chi connectivity index (χ1v) is 9.04. The largest absolute Gasteiger partial charge is 0.338 e. The number of pyridine rings is 1. The minimum Gasteiger partial charge on any atom is -0.338 e. The van der Waals surface area contributed by atoms with Crippen LogP contribution < -0.4 is 5.73 Å². The average molecular weight is 368 g/mol. The zero-order valence-corrected chi connectivity index (χ0v) is 15.3. The Morgan fingerprint density at radius 3 is 2.73 bits per heavy atom. The average Bonchev–Trinajstić information content (AvgIpc) is 3.23. The van der Waals surface area contributed by atoms with Crippen LogP contribution >= 0.6 is 12.4 Å². The highest BCUT2D eigenvalue weighted by atomic mass is 35.5. The summed E-state index contributed by atoms with van der Waals surface area (Å²) in [6.45, 7) is 1.62. The molecule has 26 heavy (non-hydrogen) atoms. The van der Waals surface area contributed by atoms with Gasteiger partial charge in [-0.15, -0.1) is 12.4 Å². The number of carbonyl (C=O) groups is 1. The fourth-order valence-electron chi connectivity index (χ4n) is 4.74. The van der Waals surface area contributed by atoms with E-state index in [1.54, 1.807) is 6.20 Å². The standard InChI is InChI=1S/C21H21N3O.ClH/c22-19-8-7-14-11-24(12-18(14)19)21(25)17-10-13-4-1-2-5-15(13)16-6-3-9-23-20(16)17;/h1-6,9-10,14,18-19H,7-8,11-12,22H2;1H. The molecule has 0 bridgehead atoms. The number of likely N-dealkylation sites (tertiary alicyclic amines) is 1. The van der Waals surface area contributed by atoms with Crippen molar-refractivity contribution in [1.29, 1.82) is 0 Å². The summed E-state index contributed by atoms with van der Waals surface area (Å²) in [5.74, 6) is 1.12. The van der Waals surface area contributed by atoms with Crippen LogP contribution in [0.15, 0.2) is 48.7 Å². The Kier molecular flexibility index (Phi) is 4.33. The van der Waals surface area contributed by atoms with Gasteiger partial charge < -0.3 is 10.6 Å². The van der Waals surface area contributed by atoms with Gasteiger partial charge in [-0.2, -0.15) is 0 Å². The summed E-state index contributed by atoms with van der Waals surface area (Å²) < 4.78 is 0. The monoisotopic (exact) mass is 367 g/mol. The van der Waals surface area contributed by atoms with Crippen LogP contribution in [0.25, 0.3) is 21.7 Å². The van der Waals surface area contributed by atoms with Crippen LogP contribution in [0.4, 0.5) is 0 Å². The van der Waals surface area contributed by atoms with Crippen LogP contribution in [-0.2, 0) is 0 Å². The van der Waals surface area contributed by atoms with Gasteiger partial charge >= 0.3 is 0 Å². The molecule has 1 saturated carbocycles. The van der Waals surface area contributed by atoms with Crippen LogP contribution in [0.1, 0.15) is 23.2 Å². The summed E-state index contributed by atoms with van der Waals surface area (Å²) in [5, 5.41) is 3.27. The molecule has 1 aliphatic carbocycles. The number of nitrogens with two attached hydrogens (primary N) is 1. The normalized spacial score (nSPS) is 24.7. The number of carbonyl (C=O) groups excluding carboxylic acids is 1. The molecule has 2 heterocycles. The topological polar surface area (TPSA) is 59.2 Å². The van der Waals surface area contributed by atoms with Crippen molar-refractivity contribution in [3.05, 3.63) is 54.2 Å². The van der Waals surface area contributed by atoms with E-state index in [9.17, 15) is 4.79 Å². The van der Waals surface area contributed by atoms with Gasteiger partial charge in [0.15, 0.2) is 0 Å². The quantitative estimate of drug-likeness (QED) is 0.668. The molecule has 1 aliphatic heterocycles. The Morgan fingerprint density at radius 2 is 1.88 bits per heavy atom. The van der Waals surface area contributed by atoms with E-state index in [1.165, 1.54) is 0 Å². The van der Waals surface area contributed by atoms with E-state index in [-0.39, 0.29) is 24.4 Å². The molecule has 2 fully saturated rings. The molecule has 0 radical (unpaired) electrons. The summed E-state index contributed by atoms with van der Waals surface area (Å²) >= 11 is 0. The van der Waals surface area contributed by atoms with Crippen LogP contribution in [0, 0.1) is 11.8 Å². The number of benzene rings is 2. The molecule has 0 spiro atoms. The van der Waals surface area contributed by atoms with E-state index < -0.39 is 0 Å². The van der Waals surface area contributed by atoms with Gasteiger partial charge in [-0.25, -0.2) is 0 Å². The van der Waals surface area contributed by atoms with E-state index in [4.69, 9.17) is 5.73 Å². The predicted octanol–water partition coefficient (Wildman–Crippen LogP) is 3.62. The minimum absolute atomic E-state index is 0. The van der Waals surface area contributed by atoms with Crippen molar-refractivity contribution in [2.24, 2.45) is 17.6 Å². The molecule has 2 N–H and O–H groups in total. The highest BCUT2D eigenvalue weighted by molar-refractivity contribution is 6.15. The van der Waals surface area contributed by atoms with Gasteiger partial charge in [-0.3, -0.25) is 9.78 Å². The third-order valence-corrected chi connectivity index (χ3v) is 6.04. The van der Waals surface area contributed by atoms with Crippen molar-refractivity contribution >= 4 is 40.0 Å². The number of fused-ring (bicyclic) bond motifs is 4. The lowest BCUT2D eigenvalue weighted by Crippen LogP contribution is -2.33. The van der Waals surface area contributed by atoms with Gasteiger partial charge in [0.2, 0.25) is 0 Å². The Labute approximate surface area is 158 Å². The highest BCUT2D eigenvalue weighted by Crippen LogP contribution is 2.38. The van der Waals surface area contributed by atoms with E-state index in [1.807, 2.05) is 29.2 Å². The van der Waals surface area contributed by atoms with Gasteiger partial charge in [-0.05, 0) is 47.6 Å². The number of nitrogens with zero attached hydrogens (tertiary/aromatic N) is 2. The fraction of sp³-hybridized carbons (Fsp3) is 0.333. The molecule has 1 amide bonds. The van der Waals surface area contributed by atoms with Crippen molar-refractivity contribution in [3.8, 4) is 0 Å². The number of hydrogen-bond acceptors (Lipinski definition) is 3. The summed E-state index contributed by atoms with van der Waals surface area (Å²) in [6, 6.07) is 14.4. The second-order valence-corrected chi connectivity index (χ2v) is 7.42. The van der Waals surface area contributed by atoms with Crippen molar-refractivity contribution in [3.63, 3.8) is 0 Å². The van der Waals surface area contributed by atoms with E-state index in [2.05, 4.69) is 23.2 Å². The van der Waals surface area contributed by atoms with Gasteiger partial charge in [0.1, 0.15) is 0 Å². The van der Waals surface area contributed by atoms with Crippen LogP contribution in [0.2, 0.25) is 0 Å². The third-order valence-electron chi connectivity index (χ3n) is 6.04. The number of halogens is 1. The molecule has 3 aromatic rings. The molecular weight excluding hydrogens is 346 g/mol. The maximum Gasteiger partial charge on any atom is 0.256 e. The lowest BCUT2D eigenvalue weighted by Gasteiger charge is -2.20. The van der Waals surface area contributed by atoms with Gasteiger partial charge in [-0.1, -0.05) is 30.3 Å². The lowest BCUT2D eigenvalue weighted by molar-refractivity contribution is 0.0781. The summed E-state index contributed by atoms with van der Waals surface area (Å²) in [4.78, 5) is 19.8. The predicted molar refractivity (Wildman–Crippen MR) is 107 cm³/mol. The highest BCUT2D eigenvalue weighted by Gasteiger charge is 2.42. The van der Waals surface area contributed by atoms with Gasteiger partial charge in [0.25, 0.3) is 5.91 Å². The Morgan fingerprint density at radius 1 is 1.08 bits per heavy atom. The van der Waals surface area contributed by atoms with Gasteiger partial charge in [0.05, 0.1) is 11.1 Å². The first kappa shape index (κ1) is 17.3. The second-order valence-electron chi connectivity index (χ2n) is 7.42. The van der Waals surface area contributed by atoms with Crippen LogP contribution in [0.3, 0.4) is 0 Å². The number of aromatic nitrogens is 1. The molecule has 5 heteroatoms. The Balaban J connectivity index is 0.00000168. The molecule has 5 rings (SSSR count). The summed E-state index contributed by atoms with van der Waals surface area (Å²) in [5.41, 5.74) is 7.75. The van der Waals surface area contributed by atoms with Crippen LogP contribution in [-0.4, -0.2) is 34.9 Å². The maximum atomic E-state index is 13.3. The molecule has 2 aliphatic rings. The lowest BCUT2D eigenvalue weighted by atomic mass is 9.98. The van der Waals surface area contributed by atoms with Crippen LogP contribution in [0.5, 0.6) is 0 Å². The number of hydrogen-bond donors (Lipinski definition) is 1. The number of amides is 1. The second kappa shape index (κ2) is 6.53. The Bertz CT molecular complexity index is 989. The molecule has 134 valence electrons. The van der Waals surface area contributed by atoms with Crippen molar-refractivity contribution in [2.45, 2.75) is 18.9 Å². The third kappa shape index (κ3) is 2.56. The molecule has 1 saturated heterocycles. The number of rotatable bonds is 1. The molecular formula is C21H22ClN3O.